The third-order valence-electron chi connectivity index (χ3n) is 7.00. The number of carboxylic acids is 1. The fourth-order valence-electron chi connectivity index (χ4n) is 5.14. The summed E-state index contributed by atoms with van der Waals surface area (Å²) in [6.07, 6.45) is 1.69. The van der Waals surface area contributed by atoms with E-state index in [1.807, 2.05) is 6.08 Å². The summed E-state index contributed by atoms with van der Waals surface area (Å²) in [6, 6.07) is 13.9. The van der Waals surface area contributed by atoms with Gasteiger partial charge in [0.15, 0.2) is 0 Å². The van der Waals surface area contributed by atoms with Gasteiger partial charge in [-0.1, -0.05) is 56.3 Å². The molecule has 0 spiro atoms. The van der Waals surface area contributed by atoms with Crippen molar-refractivity contribution in [2.45, 2.75) is 70.6 Å². The molecule has 0 amide bonds. The highest BCUT2D eigenvalue weighted by Gasteiger charge is 2.36. The zero-order valence-electron chi connectivity index (χ0n) is 20.6. The summed E-state index contributed by atoms with van der Waals surface area (Å²) in [5.74, 6) is -0.313. The zero-order chi connectivity index (χ0) is 25.6. The Balaban J connectivity index is 1.97. The fraction of sp³-hybridized carbons (Fsp3) is 0.483. The number of hydrogen-bond acceptors (Lipinski definition) is 2. The molecule has 2 aromatic rings. The maximum absolute atomic E-state index is 13.2. The van der Waals surface area contributed by atoms with E-state index in [0.717, 1.165) is 43.4 Å². The molecule has 1 heterocycles. The number of alkyl halides is 3. The van der Waals surface area contributed by atoms with E-state index in [2.05, 4.69) is 49.6 Å². The van der Waals surface area contributed by atoms with E-state index in [0.29, 0.717) is 18.9 Å². The molecule has 6 heteroatoms. The lowest BCUT2D eigenvalue weighted by Gasteiger charge is -2.44. The van der Waals surface area contributed by atoms with Gasteiger partial charge >= 0.3 is 12.1 Å². The van der Waals surface area contributed by atoms with Crippen molar-refractivity contribution >= 4 is 5.97 Å². The van der Waals surface area contributed by atoms with Crippen LogP contribution in [-0.2, 0) is 17.4 Å². The SMILES string of the molecule is C=CCc1ccc([C@@H](CCC(C)C)N2CCC(CC(=O)O)CC2c2ccc(C(F)(F)F)cc2)cc1. The van der Waals surface area contributed by atoms with Gasteiger partial charge in [-0.25, -0.2) is 0 Å². The monoisotopic (exact) mass is 487 g/mol. The molecule has 3 atom stereocenters. The maximum atomic E-state index is 13.2. The highest BCUT2D eigenvalue weighted by atomic mass is 19.4. The van der Waals surface area contributed by atoms with Crippen molar-refractivity contribution in [1.82, 2.24) is 4.90 Å². The standard InChI is InChI=1S/C29H36F3NO2/c1-4-5-21-7-9-23(10-8-21)26(15-6-20(2)3)33-17-16-22(19-28(34)35)18-27(33)24-11-13-25(14-12-24)29(30,31)32/h4,7-14,20,22,26-27H,1,5-6,15-19H2,2-3H3,(H,34,35)/t22?,26-,27?/m1/s1. The lowest BCUT2D eigenvalue weighted by atomic mass is 9.82. The minimum absolute atomic E-state index is 0.00300. The van der Waals surface area contributed by atoms with Crippen LogP contribution in [0.2, 0.25) is 0 Å². The molecule has 2 aromatic carbocycles. The van der Waals surface area contributed by atoms with Crippen molar-refractivity contribution in [3.8, 4) is 0 Å². The van der Waals surface area contributed by atoms with Crippen LogP contribution < -0.4 is 0 Å². The Morgan fingerprint density at radius 3 is 2.31 bits per heavy atom. The third-order valence-corrected chi connectivity index (χ3v) is 7.00. The van der Waals surface area contributed by atoms with Gasteiger partial charge in [0, 0.05) is 18.5 Å². The number of halogens is 3. The lowest BCUT2D eigenvalue weighted by molar-refractivity contribution is -0.139. The lowest BCUT2D eigenvalue weighted by Crippen LogP contribution is -2.40. The summed E-state index contributed by atoms with van der Waals surface area (Å²) >= 11 is 0. The van der Waals surface area contributed by atoms with Gasteiger partial charge < -0.3 is 5.11 Å². The Hall–Kier alpha value is -2.60. The maximum Gasteiger partial charge on any atom is 0.416 e. The topological polar surface area (TPSA) is 40.5 Å². The molecule has 0 aliphatic carbocycles. The Morgan fingerprint density at radius 2 is 1.77 bits per heavy atom. The van der Waals surface area contributed by atoms with Gasteiger partial charge in [0.05, 0.1) is 5.56 Å². The van der Waals surface area contributed by atoms with Crippen LogP contribution in [0.5, 0.6) is 0 Å². The number of likely N-dealkylation sites (tertiary alicyclic amines) is 1. The minimum atomic E-state index is -4.39. The molecule has 1 saturated heterocycles. The number of piperidine rings is 1. The van der Waals surface area contributed by atoms with Crippen LogP contribution in [0.3, 0.4) is 0 Å². The predicted molar refractivity (Wildman–Crippen MR) is 133 cm³/mol. The second kappa shape index (κ2) is 11.9. The Morgan fingerprint density at radius 1 is 1.11 bits per heavy atom. The highest BCUT2D eigenvalue weighted by molar-refractivity contribution is 5.67. The molecule has 0 radical (unpaired) electrons. The van der Waals surface area contributed by atoms with E-state index in [1.165, 1.54) is 11.1 Å². The van der Waals surface area contributed by atoms with Crippen LogP contribution in [0, 0.1) is 11.8 Å². The average Bonchev–Trinajstić information content (AvgIpc) is 2.80. The molecule has 1 N–H and O–H groups in total. The van der Waals surface area contributed by atoms with Crippen molar-refractivity contribution in [2.24, 2.45) is 11.8 Å². The summed E-state index contributed by atoms with van der Waals surface area (Å²) in [7, 11) is 0. The minimum Gasteiger partial charge on any atom is -0.481 e. The first-order chi connectivity index (χ1) is 16.6. The molecule has 35 heavy (non-hydrogen) atoms. The summed E-state index contributed by atoms with van der Waals surface area (Å²) in [5.41, 5.74) is 2.52. The van der Waals surface area contributed by atoms with Crippen LogP contribution in [0.1, 0.15) is 80.3 Å². The number of carbonyl (C=O) groups is 1. The van der Waals surface area contributed by atoms with Gasteiger partial charge in [0.1, 0.15) is 0 Å². The quantitative estimate of drug-likeness (QED) is 0.347. The highest BCUT2D eigenvalue weighted by Crippen LogP contribution is 2.43. The van der Waals surface area contributed by atoms with Crippen molar-refractivity contribution in [3.05, 3.63) is 83.4 Å². The number of allylic oxidation sites excluding steroid dienone is 1. The van der Waals surface area contributed by atoms with Gasteiger partial charge in [-0.2, -0.15) is 13.2 Å². The molecule has 1 fully saturated rings. The van der Waals surface area contributed by atoms with E-state index in [-0.39, 0.29) is 24.4 Å². The van der Waals surface area contributed by atoms with Crippen LogP contribution in [-0.4, -0.2) is 22.5 Å². The Labute approximate surface area is 206 Å². The van der Waals surface area contributed by atoms with Gasteiger partial charge in [0.2, 0.25) is 0 Å². The van der Waals surface area contributed by atoms with Gasteiger partial charge in [-0.15, -0.1) is 6.58 Å². The van der Waals surface area contributed by atoms with Crippen molar-refractivity contribution in [3.63, 3.8) is 0 Å². The number of hydrogen-bond donors (Lipinski definition) is 1. The molecule has 190 valence electrons. The van der Waals surface area contributed by atoms with Crippen molar-refractivity contribution in [1.29, 1.82) is 0 Å². The summed E-state index contributed by atoms with van der Waals surface area (Å²) < 4.78 is 39.5. The number of nitrogens with zero attached hydrogens (tertiary/aromatic N) is 1. The summed E-state index contributed by atoms with van der Waals surface area (Å²) in [5, 5.41) is 9.37. The zero-order valence-corrected chi connectivity index (χ0v) is 20.6. The van der Waals surface area contributed by atoms with Crippen LogP contribution in [0.15, 0.2) is 61.2 Å². The molecule has 1 aliphatic rings. The molecule has 2 unspecified atom stereocenters. The average molecular weight is 488 g/mol. The molecule has 0 aromatic heterocycles. The first kappa shape index (κ1) is 27.0. The fourth-order valence-corrected chi connectivity index (χ4v) is 5.14. The Bertz CT molecular complexity index is 967. The van der Waals surface area contributed by atoms with Gasteiger partial charge in [-0.3, -0.25) is 9.69 Å². The largest absolute Gasteiger partial charge is 0.481 e. The summed E-state index contributed by atoms with van der Waals surface area (Å²) in [6.45, 7) is 8.90. The number of rotatable bonds is 10. The van der Waals surface area contributed by atoms with Crippen LogP contribution >= 0.6 is 0 Å². The van der Waals surface area contributed by atoms with Crippen molar-refractivity contribution < 1.29 is 23.1 Å². The Kier molecular flexibility index (Phi) is 9.17. The molecular formula is C29H36F3NO2. The molecule has 0 bridgehead atoms. The van der Waals surface area contributed by atoms with Gasteiger partial charge in [0.25, 0.3) is 0 Å². The number of benzene rings is 2. The van der Waals surface area contributed by atoms with E-state index < -0.39 is 17.7 Å². The third kappa shape index (κ3) is 7.44. The van der Waals surface area contributed by atoms with E-state index in [9.17, 15) is 23.1 Å². The van der Waals surface area contributed by atoms with Gasteiger partial charge in [-0.05, 0) is 79.3 Å². The first-order valence-corrected chi connectivity index (χ1v) is 12.4. The second-order valence-corrected chi connectivity index (χ2v) is 10.1. The van der Waals surface area contributed by atoms with E-state index in [1.54, 1.807) is 12.1 Å². The molecular weight excluding hydrogens is 451 g/mol. The molecule has 3 rings (SSSR count). The number of carboxylic acid groups (broad SMARTS) is 1. The first-order valence-electron chi connectivity index (χ1n) is 12.4. The summed E-state index contributed by atoms with van der Waals surface area (Å²) in [4.78, 5) is 13.8. The number of aliphatic carboxylic acids is 1. The molecule has 3 nitrogen and oxygen atoms in total. The second-order valence-electron chi connectivity index (χ2n) is 10.1. The normalized spacial score (nSPS) is 20.1. The smallest absolute Gasteiger partial charge is 0.416 e. The van der Waals surface area contributed by atoms with Crippen LogP contribution in [0.4, 0.5) is 13.2 Å². The molecule has 1 aliphatic heterocycles. The predicted octanol–water partition coefficient (Wildman–Crippen LogP) is 7.84. The van der Waals surface area contributed by atoms with Crippen LogP contribution in [0.25, 0.3) is 0 Å². The van der Waals surface area contributed by atoms with Crippen molar-refractivity contribution in [2.75, 3.05) is 6.54 Å². The van der Waals surface area contributed by atoms with E-state index >= 15 is 0 Å². The molecule has 0 saturated carbocycles. The van der Waals surface area contributed by atoms with E-state index in [4.69, 9.17) is 0 Å².